The van der Waals surface area contributed by atoms with E-state index >= 15 is 0 Å². The molecule has 4 aromatic rings. The van der Waals surface area contributed by atoms with E-state index in [2.05, 4.69) is 15.1 Å². The molecule has 4 rings (SSSR count). The second kappa shape index (κ2) is 8.24. The molecule has 0 aliphatic rings. The van der Waals surface area contributed by atoms with Crippen LogP contribution in [0.3, 0.4) is 0 Å². The van der Waals surface area contributed by atoms with Gasteiger partial charge in [0.1, 0.15) is 0 Å². The van der Waals surface area contributed by atoms with Crippen LogP contribution in [0.1, 0.15) is 17.4 Å². The summed E-state index contributed by atoms with van der Waals surface area (Å²) in [6, 6.07) is 14.7. The standard InChI is InChI=1S/C21H16N4O3S/c1-2-28-21(27)18-19(26)17-9-5-11-23-20(17)25(24-18)14-6-3-7-15(12-14)29-16-8-4-10-22-13-16/h3-13H,2H2,1H3. The maximum Gasteiger partial charge on any atom is 0.362 e. The number of carbonyl (C=O) groups is 1. The zero-order valence-corrected chi connectivity index (χ0v) is 16.3. The van der Waals surface area contributed by atoms with E-state index in [4.69, 9.17) is 4.74 Å². The van der Waals surface area contributed by atoms with Crippen LogP contribution in [0.25, 0.3) is 16.7 Å². The smallest absolute Gasteiger partial charge is 0.362 e. The first kappa shape index (κ1) is 18.8. The Morgan fingerprint density at radius 3 is 2.72 bits per heavy atom. The summed E-state index contributed by atoms with van der Waals surface area (Å²) in [6.45, 7) is 1.83. The summed E-state index contributed by atoms with van der Waals surface area (Å²) >= 11 is 1.55. The maximum atomic E-state index is 12.7. The van der Waals surface area contributed by atoms with Crippen LogP contribution in [0.15, 0.2) is 81.7 Å². The molecule has 3 heterocycles. The number of rotatable bonds is 5. The summed E-state index contributed by atoms with van der Waals surface area (Å²) in [7, 11) is 0. The maximum absolute atomic E-state index is 12.7. The number of carbonyl (C=O) groups excluding carboxylic acids is 1. The Bertz CT molecular complexity index is 1240. The number of esters is 1. The molecule has 3 aromatic heterocycles. The molecule has 7 nitrogen and oxygen atoms in total. The van der Waals surface area contributed by atoms with Gasteiger partial charge in [0.2, 0.25) is 11.1 Å². The third-order valence-corrected chi connectivity index (χ3v) is 5.01. The number of benzene rings is 1. The molecule has 0 fully saturated rings. The average molecular weight is 404 g/mol. The van der Waals surface area contributed by atoms with Crippen molar-refractivity contribution in [1.82, 2.24) is 19.7 Å². The lowest BCUT2D eigenvalue weighted by atomic mass is 10.2. The van der Waals surface area contributed by atoms with E-state index in [1.54, 1.807) is 49.4 Å². The monoisotopic (exact) mass is 404 g/mol. The first-order valence-corrected chi connectivity index (χ1v) is 9.72. The van der Waals surface area contributed by atoms with E-state index in [1.807, 2.05) is 36.4 Å². The van der Waals surface area contributed by atoms with Crippen LogP contribution in [-0.4, -0.2) is 32.3 Å². The lowest BCUT2D eigenvalue weighted by molar-refractivity contribution is 0.0516. The van der Waals surface area contributed by atoms with Gasteiger partial charge < -0.3 is 4.74 Å². The first-order chi connectivity index (χ1) is 14.2. The second-order valence-electron chi connectivity index (χ2n) is 5.97. The highest BCUT2D eigenvalue weighted by Gasteiger charge is 2.19. The van der Waals surface area contributed by atoms with Crippen molar-refractivity contribution >= 4 is 28.8 Å². The summed E-state index contributed by atoms with van der Waals surface area (Å²) in [5.74, 6) is -0.752. The van der Waals surface area contributed by atoms with E-state index in [0.29, 0.717) is 16.7 Å². The third-order valence-electron chi connectivity index (χ3n) is 4.05. The number of hydrogen-bond acceptors (Lipinski definition) is 7. The van der Waals surface area contributed by atoms with Crippen molar-refractivity contribution in [2.24, 2.45) is 0 Å². The highest BCUT2D eigenvalue weighted by Crippen LogP contribution is 2.28. The van der Waals surface area contributed by atoms with Gasteiger partial charge in [-0.05, 0) is 49.4 Å². The Morgan fingerprint density at radius 2 is 1.93 bits per heavy atom. The number of fused-ring (bicyclic) bond motifs is 1. The van der Waals surface area contributed by atoms with Gasteiger partial charge in [-0.25, -0.2) is 14.5 Å². The molecule has 144 valence electrons. The Hall–Kier alpha value is -3.52. The highest BCUT2D eigenvalue weighted by molar-refractivity contribution is 7.99. The Balaban J connectivity index is 1.85. The molecule has 0 bridgehead atoms. The molecule has 8 heteroatoms. The predicted octanol–water partition coefficient (Wildman–Crippen LogP) is 3.50. The number of nitrogens with zero attached hydrogens (tertiary/aromatic N) is 4. The van der Waals surface area contributed by atoms with Gasteiger partial charge in [0.05, 0.1) is 17.7 Å². The van der Waals surface area contributed by atoms with Crippen molar-refractivity contribution in [3.63, 3.8) is 0 Å². The van der Waals surface area contributed by atoms with Crippen molar-refractivity contribution in [2.45, 2.75) is 16.7 Å². The molecule has 0 saturated carbocycles. The molecule has 0 N–H and O–H groups in total. The normalized spacial score (nSPS) is 10.8. The van der Waals surface area contributed by atoms with Crippen molar-refractivity contribution in [3.05, 3.63) is 83.0 Å². The van der Waals surface area contributed by atoms with Gasteiger partial charge in [-0.2, -0.15) is 5.10 Å². The van der Waals surface area contributed by atoms with E-state index in [-0.39, 0.29) is 12.3 Å². The fourth-order valence-electron chi connectivity index (χ4n) is 2.80. The SMILES string of the molecule is CCOC(=O)c1nn(-c2cccc(Sc3cccnc3)c2)c2ncccc2c1=O. The Labute approximate surface area is 170 Å². The molecule has 0 aliphatic carbocycles. The first-order valence-electron chi connectivity index (χ1n) is 8.91. The van der Waals surface area contributed by atoms with Crippen molar-refractivity contribution in [3.8, 4) is 5.69 Å². The summed E-state index contributed by atoms with van der Waals surface area (Å²) in [5, 5.41) is 4.58. The topological polar surface area (TPSA) is 87.0 Å². The second-order valence-corrected chi connectivity index (χ2v) is 7.12. The molecule has 29 heavy (non-hydrogen) atoms. The number of pyridine rings is 2. The summed E-state index contributed by atoms with van der Waals surface area (Å²) in [6.07, 6.45) is 5.09. The van der Waals surface area contributed by atoms with Gasteiger partial charge in [-0.1, -0.05) is 17.8 Å². The van der Waals surface area contributed by atoms with Gasteiger partial charge >= 0.3 is 5.97 Å². The van der Waals surface area contributed by atoms with E-state index in [9.17, 15) is 9.59 Å². The van der Waals surface area contributed by atoms with E-state index in [1.165, 1.54) is 4.68 Å². The minimum atomic E-state index is -0.752. The van der Waals surface area contributed by atoms with Crippen LogP contribution in [-0.2, 0) is 4.74 Å². The molecular formula is C21H16N4O3S. The van der Waals surface area contributed by atoms with Gasteiger partial charge in [0.15, 0.2) is 5.65 Å². The van der Waals surface area contributed by atoms with E-state index < -0.39 is 11.4 Å². The van der Waals surface area contributed by atoms with Gasteiger partial charge in [0.25, 0.3) is 0 Å². The minimum Gasteiger partial charge on any atom is -0.461 e. The summed E-state index contributed by atoms with van der Waals surface area (Å²) in [5.41, 5.74) is 0.281. The van der Waals surface area contributed by atoms with Crippen LogP contribution in [0.4, 0.5) is 0 Å². The molecule has 0 saturated heterocycles. The summed E-state index contributed by atoms with van der Waals surface area (Å²) in [4.78, 5) is 35.4. The molecule has 0 aliphatic heterocycles. The van der Waals surface area contributed by atoms with Crippen LogP contribution in [0.2, 0.25) is 0 Å². The molecule has 0 unspecified atom stereocenters. The fourth-order valence-corrected chi connectivity index (χ4v) is 3.66. The third kappa shape index (κ3) is 3.88. The average Bonchev–Trinajstić information content (AvgIpc) is 2.75. The highest BCUT2D eigenvalue weighted by atomic mass is 32.2. The molecule has 0 atom stereocenters. The van der Waals surface area contributed by atoms with Gasteiger partial charge in [0, 0.05) is 28.4 Å². The fraction of sp³-hybridized carbons (Fsp3) is 0.0952. The number of aromatic nitrogens is 4. The van der Waals surface area contributed by atoms with E-state index in [0.717, 1.165) is 9.79 Å². The van der Waals surface area contributed by atoms with Gasteiger partial charge in [-0.15, -0.1) is 0 Å². The number of hydrogen-bond donors (Lipinski definition) is 0. The van der Waals surface area contributed by atoms with Crippen LogP contribution in [0, 0.1) is 0 Å². The number of ether oxygens (including phenoxy) is 1. The zero-order valence-electron chi connectivity index (χ0n) is 15.5. The van der Waals surface area contributed by atoms with Crippen LogP contribution >= 0.6 is 11.8 Å². The molecule has 0 spiro atoms. The molecule has 1 aromatic carbocycles. The van der Waals surface area contributed by atoms with Crippen LogP contribution in [0.5, 0.6) is 0 Å². The van der Waals surface area contributed by atoms with Crippen molar-refractivity contribution in [1.29, 1.82) is 0 Å². The van der Waals surface area contributed by atoms with Crippen molar-refractivity contribution in [2.75, 3.05) is 6.61 Å². The molecular weight excluding hydrogens is 388 g/mol. The van der Waals surface area contributed by atoms with Gasteiger partial charge in [-0.3, -0.25) is 9.78 Å². The molecule has 0 amide bonds. The Kier molecular flexibility index (Phi) is 5.35. The van der Waals surface area contributed by atoms with Crippen LogP contribution < -0.4 is 5.43 Å². The Morgan fingerprint density at radius 1 is 1.10 bits per heavy atom. The molecule has 0 radical (unpaired) electrons. The predicted molar refractivity (Wildman–Crippen MR) is 109 cm³/mol. The largest absolute Gasteiger partial charge is 0.461 e. The minimum absolute atomic E-state index is 0.155. The zero-order chi connectivity index (χ0) is 20.2. The quantitative estimate of drug-likeness (QED) is 0.471. The lowest BCUT2D eigenvalue weighted by Crippen LogP contribution is -2.24. The van der Waals surface area contributed by atoms with Crippen molar-refractivity contribution < 1.29 is 9.53 Å². The summed E-state index contributed by atoms with van der Waals surface area (Å²) < 4.78 is 6.50. The lowest BCUT2D eigenvalue weighted by Gasteiger charge is -2.12.